The molecule has 2 aromatic carbocycles. The third-order valence-electron chi connectivity index (χ3n) is 5.49. The van der Waals surface area contributed by atoms with Gasteiger partial charge in [0.25, 0.3) is 0 Å². The number of esters is 2. The second-order valence-corrected chi connectivity index (χ2v) is 7.67. The van der Waals surface area contributed by atoms with Gasteiger partial charge < -0.3 is 29.0 Å². The standard InChI is InChI=1S/C24H22FNO8/c1-2-32-24(31)16-11-26(17-9-8-14(25)10-15(17)19(16)27)22-21(29)20(28)18(34-22)12-33-23(30)13-6-4-3-5-7-13/h3-11,18,20-22,28-29H,2,12H2,1H3/t18-,20-,21-,22-/m1/s1. The number of aliphatic hydroxyl groups excluding tert-OH is 2. The molecule has 0 unspecified atom stereocenters. The van der Waals surface area contributed by atoms with Crippen LogP contribution in [0.1, 0.15) is 33.9 Å². The summed E-state index contributed by atoms with van der Waals surface area (Å²) in [5.74, 6) is -2.26. The number of carbonyl (C=O) groups excluding carboxylic acids is 2. The topological polar surface area (TPSA) is 124 Å². The summed E-state index contributed by atoms with van der Waals surface area (Å²) in [5, 5.41) is 21.1. The van der Waals surface area contributed by atoms with Gasteiger partial charge in [0, 0.05) is 11.6 Å². The Hall–Kier alpha value is -3.60. The fraction of sp³-hybridized carbons (Fsp3) is 0.292. The minimum absolute atomic E-state index is 0.00951. The van der Waals surface area contributed by atoms with Gasteiger partial charge in [0.1, 0.15) is 36.3 Å². The SMILES string of the molecule is CCOC(=O)c1cn([C@@H]2O[C@H](COC(=O)c3ccccc3)[C@@H](O)[C@H]2O)c2ccc(F)cc2c1=O. The fourth-order valence-electron chi connectivity index (χ4n) is 3.80. The van der Waals surface area contributed by atoms with Crippen LogP contribution in [-0.2, 0) is 14.2 Å². The van der Waals surface area contributed by atoms with Gasteiger partial charge >= 0.3 is 11.9 Å². The molecule has 0 bridgehead atoms. The van der Waals surface area contributed by atoms with Crippen LogP contribution in [0, 0.1) is 5.82 Å². The van der Waals surface area contributed by atoms with Crippen LogP contribution >= 0.6 is 0 Å². The summed E-state index contributed by atoms with van der Waals surface area (Å²) in [6.07, 6.45) is -4.19. The number of ether oxygens (including phenoxy) is 3. The first-order chi connectivity index (χ1) is 16.3. The number of halogens is 1. The van der Waals surface area contributed by atoms with E-state index in [2.05, 4.69) is 0 Å². The maximum atomic E-state index is 13.9. The Balaban J connectivity index is 1.65. The van der Waals surface area contributed by atoms with Gasteiger partial charge in [-0.2, -0.15) is 0 Å². The average molecular weight is 471 g/mol. The Morgan fingerprint density at radius 2 is 1.79 bits per heavy atom. The zero-order valence-corrected chi connectivity index (χ0v) is 18.1. The summed E-state index contributed by atoms with van der Waals surface area (Å²) in [4.78, 5) is 37.4. The number of aliphatic hydroxyl groups is 2. The van der Waals surface area contributed by atoms with Crippen molar-refractivity contribution in [1.82, 2.24) is 4.57 Å². The molecule has 178 valence electrons. The lowest BCUT2D eigenvalue weighted by molar-refractivity contribution is -0.0564. The molecule has 9 nitrogen and oxygen atoms in total. The van der Waals surface area contributed by atoms with Gasteiger partial charge in [0.05, 0.1) is 17.7 Å². The highest BCUT2D eigenvalue weighted by Crippen LogP contribution is 2.32. The van der Waals surface area contributed by atoms with Crippen LogP contribution in [0.25, 0.3) is 10.9 Å². The Morgan fingerprint density at radius 3 is 2.50 bits per heavy atom. The van der Waals surface area contributed by atoms with Gasteiger partial charge in [0.15, 0.2) is 6.23 Å². The van der Waals surface area contributed by atoms with Gasteiger partial charge in [-0.05, 0) is 37.3 Å². The quantitative estimate of drug-likeness (QED) is 0.522. The van der Waals surface area contributed by atoms with Crippen molar-refractivity contribution in [1.29, 1.82) is 0 Å². The molecule has 0 radical (unpaired) electrons. The average Bonchev–Trinajstić information content (AvgIpc) is 3.12. The molecule has 0 amide bonds. The van der Waals surface area contributed by atoms with Crippen LogP contribution in [0.2, 0.25) is 0 Å². The van der Waals surface area contributed by atoms with Crippen molar-refractivity contribution in [2.45, 2.75) is 31.5 Å². The van der Waals surface area contributed by atoms with E-state index in [1.165, 1.54) is 10.6 Å². The number of fused-ring (bicyclic) bond motifs is 1. The van der Waals surface area contributed by atoms with Crippen molar-refractivity contribution in [3.63, 3.8) is 0 Å². The van der Waals surface area contributed by atoms with Gasteiger partial charge in [-0.1, -0.05) is 18.2 Å². The number of benzene rings is 2. The summed E-state index contributed by atoms with van der Waals surface area (Å²) in [5.41, 5.74) is -0.660. The summed E-state index contributed by atoms with van der Waals surface area (Å²) < 4.78 is 31.1. The maximum absolute atomic E-state index is 13.9. The molecular formula is C24H22FNO8. The zero-order valence-electron chi connectivity index (χ0n) is 18.1. The number of pyridine rings is 1. The Labute approximate surface area is 192 Å². The smallest absolute Gasteiger partial charge is 0.343 e. The largest absolute Gasteiger partial charge is 0.462 e. The molecule has 0 saturated carbocycles. The highest BCUT2D eigenvalue weighted by molar-refractivity contribution is 5.93. The van der Waals surface area contributed by atoms with Crippen molar-refractivity contribution in [3.05, 3.63) is 81.9 Å². The van der Waals surface area contributed by atoms with E-state index in [0.29, 0.717) is 5.56 Å². The number of rotatable bonds is 6. The van der Waals surface area contributed by atoms with Crippen molar-refractivity contribution >= 4 is 22.8 Å². The second kappa shape index (κ2) is 9.72. The van der Waals surface area contributed by atoms with E-state index in [1.807, 2.05) is 0 Å². The molecule has 0 aliphatic carbocycles. The highest BCUT2D eigenvalue weighted by Gasteiger charge is 2.44. The fourth-order valence-corrected chi connectivity index (χ4v) is 3.80. The molecule has 1 aliphatic heterocycles. The van der Waals surface area contributed by atoms with E-state index in [4.69, 9.17) is 14.2 Å². The van der Waals surface area contributed by atoms with E-state index < -0.39 is 47.7 Å². The first kappa shape index (κ1) is 23.6. The van der Waals surface area contributed by atoms with Crippen molar-refractivity contribution in [2.24, 2.45) is 0 Å². The molecule has 4 rings (SSSR count). The third kappa shape index (κ3) is 4.43. The molecule has 3 aromatic rings. The molecule has 0 spiro atoms. The van der Waals surface area contributed by atoms with Crippen molar-refractivity contribution in [2.75, 3.05) is 13.2 Å². The molecule has 34 heavy (non-hydrogen) atoms. The molecule has 10 heteroatoms. The molecular weight excluding hydrogens is 449 g/mol. The Morgan fingerprint density at radius 1 is 1.06 bits per heavy atom. The summed E-state index contributed by atoms with van der Waals surface area (Å²) in [6, 6.07) is 11.6. The number of aromatic nitrogens is 1. The molecule has 2 N–H and O–H groups in total. The first-order valence-corrected chi connectivity index (χ1v) is 10.6. The lowest BCUT2D eigenvalue weighted by Gasteiger charge is -2.22. The van der Waals surface area contributed by atoms with Crippen LogP contribution in [0.15, 0.2) is 59.5 Å². The monoisotopic (exact) mass is 471 g/mol. The summed E-state index contributed by atoms with van der Waals surface area (Å²) in [7, 11) is 0. The van der Waals surface area contributed by atoms with E-state index in [9.17, 15) is 29.0 Å². The maximum Gasteiger partial charge on any atom is 0.343 e. The lowest BCUT2D eigenvalue weighted by Crippen LogP contribution is -2.34. The van der Waals surface area contributed by atoms with E-state index >= 15 is 0 Å². The van der Waals surface area contributed by atoms with Crippen LogP contribution in [0.3, 0.4) is 0 Å². The number of nitrogens with zero attached hydrogens (tertiary/aromatic N) is 1. The van der Waals surface area contributed by atoms with Gasteiger partial charge in [-0.25, -0.2) is 14.0 Å². The highest BCUT2D eigenvalue weighted by atomic mass is 19.1. The number of hydrogen-bond donors (Lipinski definition) is 2. The van der Waals surface area contributed by atoms with Crippen LogP contribution < -0.4 is 5.43 Å². The minimum atomic E-state index is -1.51. The number of hydrogen-bond acceptors (Lipinski definition) is 8. The molecule has 1 fully saturated rings. The van der Waals surface area contributed by atoms with Gasteiger partial charge in [0.2, 0.25) is 5.43 Å². The van der Waals surface area contributed by atoms with Crippen molar-refractivity contribution < 1.29 is 38.4 Å². The van der Waals surface area contributed by atoms with Gasteiger partial charge in [-0.3, -0.25) is 4.79 Å². The Kier molecular flexibility index (Phi) is 6.73. The lowest BCUT2D eigenvalue weighted by atomic mass is 10.1. The summed E-state index contributed by atoms with van der Waals surface area (Å²) in [6.45, 7) is 1.22. The second-order valence-electron chi connectivity index (χ2n) is 7.67. The van der Waals surface area contributed by atoms with E-state index in [1.54, 1.807) is 37.3 Å². The van der Waals surface area contributed by atoms with Gasteiger partial charge in [-0.15, -0.1) is 0 Å². The normalized spacial score (nSPS) is 22.0. The van der Waals surface area contributed by atoms with E-state index in [0.717, 1.165) is 18.3 Å². The van der Waals surface area contributed by atoms with Crippen molar-refractivity contribution in [3.8, 4) is 0 Å². The number of carbonyl (C=O) groups is 2. The minimum Gasteiger partial charge on any atom is -0.462 e. The van der Waals surface area contributed by atoms with Crippen LogP contribution in [0.5, 0.6) is 0 Å². The third-order valence-corrected chi connectivity index (χ3v) is 5.49. The molecule has 1 aromatic heterocycles. The predicted molar refractivity (Wildman–Crippen MR) is 117 cm³/mol. The molecule has 1 saturated heterocycles. The summed E-state index contributed by atoms with van der Waals surface area (Å²) >= 11 is 0. The molecule has 2 heterocycles. The predicted octanol–water partition coefficient (Wildman–Crippen LogP) is 1.79. The zero-order chi connectivity index (χ0) is 24.4. The molecule has 4 atom stereocenters. The molecule has 1 aliphatic rings. The van der Waals surface area contributed by atoms with Crippen LogP contribution in [0.4, 0.5) is 4.39 Å². The van der Waals surface area contributed by atoms with Crippen LogP contribution in [-0.4, -0.2) is 58.2 Å². The Bertz CT molecular complexity index is 1280. The first-order valence-electron chi connectivity index (χ1n) is 10.6. The van der Waals surface area contributed by atoms with E-state index in [-0.39, 0.29) is 29.7 Å².